The molecule has 0 bridgehead atoms. The Morgan fingerprint density at radius 3 is 1.73 bits per heavy atom. The van der Waals surface area contributed by atoms with Crippen LogP contribution in [0.4, 0.5) is 17.2 Å². The molecule has 5 N–H and O–H groups in total. The molecule has 338 valence electrons. The van der Waals surface area contributed by atoms with Crippen molar-refractivity contribution in [3.05, 3.63) is 161 Å². The van der Waals surface area contributed by atoms with E-state index in [9.17, 15) is 26.4 Å². The number of hydrogen-bond donors (Lipinski definition) is 4. The van der Waals surface area contributed by atoms with E-state index in [0.717, 1.165) is 21.8 Å². The number of anilines is 3. The number of methoxy groups -OCH3 is 2. The molecule has 2 heterocycles. The van der Waals surface area contributed by atoms with Gasteiger partial charge >= 0.3 is 11.9 Å². The topological polar surface area (TPSA) is 237 Å². The van der Waals surface area contributed by atoms with Crippen LogP contribution in [0.1, 0.15) is 43.0 Å². The molecule has 66 heavy (non-hydrogen) atoms. The zero-order valence-electron chi connectivity index (χ0n) is 35.8. The number of benzene rings is 6. The Labute approximate surface area is 378 Å². The van der Waals surface area contributed by atoms with Crippen molar-refractivity contribution in [1.29, 1.82) is 0 Å². The summed E-state index contributed by atoms with van der Waals surface area (Å²) in [4.78, 5) is 39.6. The summed E-state index contributed by atoms with van der Waals surface area (Å²) < 4.78 is 65.9. The molecule has 0 aliphatic rings. The molecule has 20 heteroatoms. The monoisotopic (exact) mass is 930 g/mol. The number of aromatic nitrogens is 4. The molecule has 6 aromatic carbocycles. The number of rotatable bonds is 16. The Kier molecular flexibility index (Phi) is 12.5. The van der Waals surface area contributed by atoms with Gasteiger partial charge in [-0.25, -0.2) is 26.4 Å². The number of aryl methyl sites for hydroxylation is 2. The van der Waals surface area contributed by atoms with Gasteiger partial charge in [0.25, 0.3) is 20.0 Å². The molecule has 0 spiro atoms. The molecule has 0 radical (unpaired) electrons. The highest BCUT2D eigenvalue weighted by Crippen LogP contribution is 2.32. The number of carbonyl (C=O) groups is 2. The number of nitrogens with one attached hydrogen (secondary N) is 3. The molecule has 0 amide bonds. The second kappa shape index (κ2) is 18.4. The number of nitrogens with zero attached hydrogens (tertiary/aromatic N) is 4. The van der Waals surface area contributed by atoms with Crippen LogP contribution in [0.5, 0.6) is 11.5 Å². The summed E-state index contributed by atoms with van der Waals surface area (Å²) in [5.41, 5.74) is 11.4. The average Bonchev–Trinajstić information content (AvgIpc) is 3.86. The van der Waals surface area contributed by atoms with Gasteiger partial charge in [-0.2, -0.15) is 10.2 Å². The zero-order chi connectivity index (χ0) is 46.8. The molecular weight excluding hydrogens is 889 g/mol. The fourth-order valence-corrected chi connectivity index (χ4v) is 9.31. The largest absolute Gasteiger partial charge is 0.496 e. The summed E-state index contributed by atoms with van der Waals surface area (Å²) in [6.07, 6.45) is 1.73. The number of nitrogens with two attached hydrogens (primary N) is 1. The van der Waals surface area contributed by atoms with E-state index in [0.29, 0.717) is 50.9 Å². The third-order valence-electron chi connectivity index (χ3n) is 10.6. The highest BCUT2D eigenvalue weighted by molar-refractivity contribution is 7.89. The molecule has 18 nitrogen and oxygen atoms in total. The zero-order valence-corrected chi connectivity index (χ0v) is 37.4. The van der Waals surface area contributed by atoms with Crippen LogP contribution in [-0.2, 0) is 42.8 Å². The standard InChI is InChI=1S/C46H42N8O10S2/c1-28-9-5-7-11-42(28)65(57,58)51-63-45(55)30-13-15-33(40(21-30)61-3)26-53-39-24-36(19-17-32(39)25-48-53)49-44-37-23-35(47)18-20-38(37)54(50-44)27-34-16-14-31(22-41(34)62-4)46(56)64-52-66(59,60)43-12-8-6-10-29(43)2/h5-25,51-52H,26-27,47H2,1-4H3,(H,49,50). The van der Waals surface area contributed by atoms with Crippen molar-refractivity contribution in [1.82, 2.24) is 29.3 Å². The number of sulfonamides is 2. The summed E-state index contributed by atoms with van der Waals surface area (Å²) in [6.45, 7) is 3.73. The SMILES string of the molecule is COc1cc(C(=O)ONS(=O)(=O)c2ccccc2C)ccc1Cn1ncc2ccc(Nc3nn(Cc4ccc(C(=O)ONS(=O)(=O)c5ccccc5C)cc4OC)c4ccc(N)cc34)cc21. The van der Waals surface area contributed by atoms with E-state index >= 15 is 0 Å². The molecule has 0 aliphatic heterocycles. The molecule has 0 saturated heterocycles. The first-order chi connectivity index (χ1) is 31.6. The van der Waals surface area contributed by atoms with Crippen molar-refractivity contribution in [2.45, 2.75) is 36.7 Å². The molecule has 0 atom stereocenters. The first kappa shape index (κ1) is 44.8. The van der Waals surface area contributed by atoms with Crippen molar-refractivity contribution < 1.29 is 45.6 Å². The van der Waals surface area contributed by atoms with E-state index in [1.165, 1.54) is 50.6 Å². The Bertz CT molecular complexity index is 3410. The minimum atomic E-state index is -4.13. The van der Waals surface area contributed by atoms with Gasteiger partial charge < -0.3 is 30.2 Å². The van der Waals surface area contributed by atoms with Crippen LogP contribution < -0.4 is 30.3 Å². The number of carbonyl (C=O) groups excluding carboxylic acids is 2. The summed E-state index contributed by atoms with van der Waals surface area (Å²) in [6, 6.07) is 33.0. The van der Waals surface area contributed by atoms with Gasteiger partial charge in [0.2, 0.25) is 0 Å². The minimum absolute atomic E-state index is 0.0151. The lowest BCUT2D eigenvalue weighted by atomic mass is 10.1. The van der Waals surface area contributed by atoms with Crippen LogP contribution in [-0.4, -0.2) is 62.6 Å². The lowest BCUT2D eigenvalue weighted by Crippen LogP contribution is -2.28. The van der Waals surface area contributed by atoms with Gasteiger partial charge in [-0.1, -0.05) is 48.5 Å². The summed E-state index contributed by atoms with van der Waals surface area (Å²) in [7, 11) is -5.34. The summed E-state index contributed by atoms with van der Waals surface area (Å²) in [5, 5.41) is 14.5. The van der Waals surface area contributed by atoms with Gasteiger partial charge in [0.15, 0.2) is 5.82 Å². The fraction of sp³-hybridized carbons (Fsp3) is 0.130. The Balaban J connectivity index is 0.985. The first-order valence-corrected chi connectivity index (χ1v) is 23.0. The molecule has 8 aromatic rings. The second-order valence-corrected chi connectivity index (χ2v) is 18.2. The Morgan fingerprint density at radius 2 is 1.18 bits per heavy atom. The Morgan fingerprint density at radius 1 is 0.636 bits per heavy atom. The van der Waals surface area contributed by atoms with Crippen molar-refractivity contribution in [3.63, 3.8) is 0 Å². The first-order valence-electron chi connectivity index (χ1n) is 20.0. The van der Waals surface area contributed by atoms with Crippen LogP contribution in [0.3, 0.4) is 0 Å². The van der Waals surface area contributed by atoms with Gasteiger partial charge in [-0.15, -0.1) is 0 Å². The van der Waals surface area contributed by atoms with Crippen LogP contribution >= 0.6 is 0 Å². The van der Waals surface area contributed by atoms with Gasteiger partial charge in [-0.05, 0) is 108 Å². The van der Waals surface area contributed by atoms with Crippen LogP contribution in [0.15, 0.2) is 137 Å². The van der Waals surface area contributed by atoms with E-state index in [4.69, 9.17) is 30.0 Å². The fourth-order valence-electron chi connectivity index (χ4n) is 7.26. The molecule has 0 unspecified atom stereocenters. The van der Waals surface area contributed by atoms with Crippen molar-refractivity contribution in [2.24, 2.45) is 0 Å². The van der Waals surface area contributed by atoms with E-state index in [-0.39, 0.29) is 34.0 Å². The number of nitrogen functional groups attached to an aromatic ring is 1. The van der Waals surface area contributed by atoms with Crippen LogP contribution in [0.2, 0.25) is 0 Å². The maximum absolute atomic E-state index is 13.0. The molecule has 0 aliphatic carbocycles. The summed E-state index contributed by atoms with van der Waals surface area (Å²) >= 11 is 0. The summed E-state index contributed by atoms with van der Waals surface area (Å²) in [5.74, 6) is -0.655. The predicted molar refractivity (Wildman–Crippen MR) is 245 cm³/mol. The minimum Gasteiger partial charge on any atom is -0.496 e. The normalized spacial score (nSPS) is 11.7. The maximum Gasteiger partial charge on any atom is 0.357 e. The Hall–Kier alpha value is -7.78. The van der Waals surface area contributed by atoms with E-state index in [1.54, 1.807) is 84.0 Å². The van der Waals surface area contributed by atoms with E-state index < -0.39 is 32.0 Å². The molecule has 0 saturated carbocycles. The average molecular weight is 931 g/mol. The van der Waals surface area contributed by atoms with Gasteiger partial charge in [0, 0.05) is 33.3 Å². The predicted octanol–water partition coefficient (Wildman–Crippen LogP) is 6.54. The molecular formula is C46H42N8O10S2. The smallest absolute Gasteiger partial charge is 0.357 e. The van der Waals surface area contributed by atoms with Crippen LogP contribution in [0, 0.1) is 13.8 Å². The lowest BCUT2D eigenvalue weighted by molar-refractivity contribution is 0.0400. The number of hydrogen-bond acceptors (Lipinski definition) is 14. The highest BCUT2D eigenvalue weighted by atomic mass is 32.2. The van der Waals surface area contributed by atoms with E-state index in [2.05, 4.69) is 10.4 Å². The number of ether oxygens (including phenoxy) is 2. The van der Waals surface area contributed by atoms with Gasteiger partial charge in [0.05, 0.1) is 65.5 Å². The number of fused-ring (bicyclic) bond motifs is 2. The quantitative estimate of drug-likeness (QED) is 0.0595. The van der Waals surface area contributed by atoms with Crippen molar-refractivity contribution in [2.75, 3.05) is 25.3 Å². The highest BCUT2D eigenvalue weighted by Gasteiger charge is 2.23. The van der Waals surface area contributed by atoms with E-state index in [1.807, 2.05) is 40.1 Å². The van der Waals surface area contributed by atoms with Gasteiger partial charge in [0.1, 0.15) is 11.5 Å². The van der Waals surface area contributed by atoms with Crippen molar-refractivity contribution >= 4 is 71.0 Å². The molecule has 2 aromatic heterocycles. The third kappa shape index (κ3) is 9.38. The van der Waals surface area contributed by atoms with Crippen molar-refractivity contribution in [3.8, 4) is 11.5 Å². The van der Waals surface area contributed by atoms with Crippen LogP contribution in [0.25, 0.3) is 21.8 Å². The third-order valence-corrected chi connectivity index (χ3v) is 13.3. The van der Waals surface area contributed by atoms with Gasteiger partial charge in [-0.3, -0.25) is 9.36 Å². The molecule has 8 rings (SSSR count). The second-order valence-electron chi connectivity index (χ2n) is 15.0. The lowest BCUT2D eigenvalue weighted by Gasteiger charge is -2.13. The molecule has 0 fully saturated rings. The maximum atomic E-state index is 13.0.